The first-order valence-corrected chi connectivity index (χ1v) is 12.1. The summed E-state index contributed by atoms with van der Waals surface area (Å²) in [5.74, 6) is -0.172. The van der Waals surface area contributed by atoms with E-state index in [4.69, 9.17) is 23.2 Å². The summed E-state index contributed by atoms with van der Waals surface area (Å²) >= 11 is 12.2. The summed E-state index contributed by atoms with van der Waals surface area (Å²) in [6.45, 7) is 0.716. The molecule has 9 nitrogen and oxygen atoms in total. The van der Waals surface area contributed by atoms with E-state index in [0.717, 1.165) is 5.56 Å². The van der Waals surface area contributed by atoms with E-state index < -0.39 is 16.1 Å². The molecule has 1 aliphatic rings. The third kappa shape index (κ3) is 4.63. The van der Waals surface area contributed by atoms with Crippen molar-refractivity contribution < 1.29 is 13.2 Å². The minimum atomic E-state index is -3.89. The average Bonchev–Trinajstić information content (AvgIpc) is 3.32. The molecule has 1 unspecified atom stereocenters. The van der Waals surface area contributed by atoms with E-state index >= 15 is 0 Å². The fourth-order valence-electron chi connectivity index (χ4n) is 3.66. The second-order valence-electron chi connectivity index (χ2n) is 7.28. The summed E-state index contributed by atoms with van der Waals surface area (Å²) in [5, 5.41) is 11.4. The van der Waals surface area contributed by atoms with E-state index in [0.29, 0.717) is 6.42 Å². The van der Waals surface area contributed by atoms with Crippen molar-refractivity contribution in [2.75, 3.05) is 26.2 Å². The highest BCUT2D eigenvalue weighted by Crippen LogP contribution is 2.32. The van der Waals surface area contributed by atoms with Gasteiger partial charge in [0.2, 0.25) is 15.9 Å². The summed E-state index contributed by atoms with van der Waals surface area (Å²) in [6, 6.07) is 13.5. The molecule has 1 aromatic heterocycles. The molecule has 1 amide bonds. The van der Waals surface area contributed by atoms with Crippen molar-refractivity contribution in [2.45, 2.75) is 17.4 Å². The lowest BCUT2D eigenvalue weighted by Crippen LogP contribution is -2.52. The number of hydrogen-bond acceptors (Lipinski definition) is 6. The van der Waals surface area contributed by atoms with Crippen LogP contribution in [0.15, 0.2) is 59.8 Å². The van der Waals surface area contributed by atoms with Crippen LogP contribution >= 0.6 is 23.2 Å². The number of hydrogen-bond donors (Lipinski definition) is 0. The lowest BCUT2D eigenvalue weighted by Gasteiger charge is -2.35. The number of piperazine rings is 1. The average molecular weight is 495 g/mol. The van der Waals surface area contributed by atoms with Gasteiger partial charge in [-0.3, -0.25) is 4.79 Å². The van der Waals surface area contributed by atoms with Gasteiger partial charge in [0, 0.05) is 32.6 Å². The van der Waals surface area contributed by atoms with E-state index in [1.165, 1.54) is 27.4 Å². The van der Waals surface area contributed by atoms with E-state index in [-0.39, 0.29) is 47.0 Å². The van der Waals surface area contributed by atoms with E-state index in [1.54, 1.807) is 11.0 Å². The number of carbonyl (C=O) groups is 1. The van der Waals surface area contributed by atoms with Crippen LogP contribution in [0, 0.1) is 0 Å². The standard InChI is InChI=1S/C20H20Cl2N6O3S/c21-16-7-4-8-17(22)19(16)32(30,31)27-11-9-26(10-12-27)20(29)18(28-14-23-24-25-28)13-15-5-2-1-3-6-15/h1-8,14,18H,9-13H2. The maximum Gasteiger partial charge on any atom is 0.248 e. The Hall–Kier alpha value is -2.53. The van der Waals surface area contributed by atoms with Crippen LogP contribution in [-0.4, -0.2) is 69.9 Å². The minimum absolute atomic E-state index is 0.0672. The molecule has 4 rings (SSSR count). The molecule has 0 saturated carbocycles. The first kappa shape index (κ1) is 22.7. The molecular weight excluding hydrogens is 475 g/mol. The van der Waals surface area contributed by atoms with Gasteiger partial charge in [0.15, 0.2) is 0 Å². The Morgan fingerprint density at radius 1 is 0.969 bits per heavy atom. The summed E-state index contributed by atoms with van der Waals surface area (Å²) in [7, 11) is -3.89. The first-order valence-electron chi connectivity index (χ1n) is 9.87. The number of nitrogens with zero attached hydrogens (tertiary/aromatic N) is 6. The predicted molar refractivity (Wildman–Crippen MR) is 119 cm³/mol. The van der Waals surface area contributed by atoms with Gasteiger partial charge in [-0.15, -0.1) is 5.10 Å². The first-order chi connectivity index (χ1) is 15.4. The zero-order valence-electron chi connectivity index (χ0n) is 16.9. The van der Waals surface area contributed by atoms with Gasteiger partial charge in [0.05, 0.1) is 10.0 Å². The van der Waals surface area contributed by atoms with Crippen LogP contribution in [0.25, 0.3) is 0 Å². The Morgan fingerprint density at radius 2 is 1.62 bits per heavy atom. The van der Waals surface area contributed by atoms with Crippen LogP contribution in [0.5, 0.6) is 0 Å². The van der Waals surface area contributed by atoms with Crippen molar-refractivity contribution >= 4 is 39.1 Å². The molecule has 2 heterocycles. The van der Waals surface area contributed by atoms with Gasteiger partial charge in [0.25, 0.3) is 0 Å². The molecule has 1 atom stereocenters. The maximum atomic E-state index is 13.3. The SMILES string of the molecule is O=C(C(Cc1ccccc1)n1cnnn1)N1CCN(S(=O)(=O)c2c(Cl)cccc2Cl)CC1. The maximum absolute atomic E-state index is 13.3. The lowest BCUT2D eigenvalue weighted by atomic mass is 10.0. The van der Waals surface area contributed by atoms with Crippen LogP contribution in [0.4, 0.5) is 0 Å². The Bertz CT molecular complexity index is 1160. The van der Waals surface area contributed by atoms with Crippen molar-refractivity contribution in [2.24, 2.45) is 0 Å². The van der Waals surface area contributed by atoms with Gasteiger partial charge in [-0.05, 0) is 28.1 Å². The highest BCUT2D eigenvalue weighted by Gasteiger charge is 2.35. The number of carbonyl (C=O) groups excluding carboxylic acids is 1. The van der Waals surface area contributed by atoms with Crippen LogP contribution in [0.1, 0.15) is 11.6 Å². The number of halogens is 2. The zero-order chi connectivity index (χ0) is 22.7. The van der Waals surface area contributed by atoms with Crippen molar-refractivity contribution in [3.63, 3.8) is 0 Å². The highest BCUT2D eigenvalue weighted by molar-refractivity contribution is 7.89. The molecule has 0 aliphatic carbocycles. The number of benzene rings is 2. The van der Waals surface area contributed by atoms with E-state index in [2.05, 4.69) is 15.5 Å². The van der Waals surface area contributed by atoms with Crippen molar-refractivity contribution in [1.82, 2.24) is 29.4 Å². The summed E-state index contributed by atoms with van der Waals surface area (Å²) in [6.07, 6.45) is 1.82. The molecule has 12 heteroatoms. The van der Waals surface area contributed by atoms with Gasteiger partial charge in [-0.1, -0.05) is 59.6 Å². The summed E-state index contributed by atoms with van der Waals surface area (Å²) in [5.41, 5.74) is 0.968. The lowest BCUT2D eigenvalue weighted by molar-refractivity contribution is -0.136. The number of sulfonamides is 1. The Kier molecular flexibility index (Phi) is 6.75. The number of aromatic nitrogens is 4. The number of tetrazole rings is 1. The Balaban J connectivity index is 1.49. The third-order valence-corrected chi connectivity index (χ3v) is 8.16. The largest absolute Gasteiger partial charge is 0.338 e. The van der Waals surface area contributed by atoms with Gasteiger partial charge < -0.3 is 4.90 Å². The van der Waals surface area contributed by atoms with Crippen LogP contribution < -0.4 is 0 Å². The number of amides is 1. The molecule has 32 heavy (non-hydrogen) atoms. The Labute approximate surface area is 195 Å². The normalized spacial score (nSPS) is 16.1. The van der Waals surface area contributed by atoms with Crippen LogP contribution in [0.3, 0.4) is 0 Å². The third-order valence-electron chi connectivity index (χ3n) is 5.31. The van der Waals surface area contributed by atoms with Crippen molar-refractivity contribution in [1.29, 1.82) is 0 Å². The number of rotatable bonds is 6. The second-order valence-corrected chi connectivity index (χ2v) is 9.96. The van der Waals surface area contributed by atoms with Gasteiger partial charge >= 0.3 is 0 Å². The molecule has 3 aromatic rings. The van der Waals surface area contributed by atoms with Gasteiger partial charge in [0.1, 0.15) is 17.3 Å². The monoisotopic (exact) mass is 494 g/mol. The predicted octanol–water partition coefficient (Wildman–Crippen LogP) is 2.30. The Morgan fingerprint density at radius 3 is 2.22 bits per heavy atom. The molecule has 0 radical (unpaired) electrons. The summed E-state index contributed by atoms with van der Waals surface area (Å²) in [4.78, 5) is 14.9. The fraction of sp³-hybridized carbons (Fsp3) is 0.300. The zero-order valence-corrected chi connectivity index (χ0v) is 19.2. The smallest absolute Gasteiger partial charge is 0.248 e. The molecule has 1 saturated heterocycles. The van der Waals surface area contributed by atoms with E-state index in [9.17, 15) is 13.2 Å². The molecule has 0 spiro atoms. The van der Waals surface area contributed by atoms with Crippen LogP contribution in [-0.2, 0) is 21.2 Å². The highest BCUT2D eigenvalue weighted by atomic mass is 35.5. The van der Waals surface area contributed by atoms with Gasteiger partial charge in [-0.25, -0.2) is 13.1 Å². The van der Waals surface area contributed by atoms with E-state index in [1.807, 2.05) is 30.3 Å². The fourth-order valence-corrected chi connectivity index (χ4v) is 6.17. The quantitative estimate of drug-likeness (QED) is 0.520. The molecule has 0 bridgehead atoms. The summed E-state index contributed by atoms with van der Waals surface area (Å²) < 4.78 is 28.9. The van der Waals surface area contributed by atoms with Crippen molar-refractivity contribution in [3.8, 4) is 0 Å². The molecule has 1 aliphatic heterocycles. The molecular formula is C20H20Cl2N6O3S. The molecule has 0 N–H and O–H groups in total. The topological polar surface area (TPSA) is 101 Å². The second kappa shape index (κ2) is 9.53. The molecule has 2 aromatic carbocycles. The van der Waals surface area contributed by atoms with Gasteiger partial charge in [-0.2, -0.15) is 4.31 Å². The minimum Gasteiger partial charge on any atom is -0.338 e. The molecule has 1 fully saturated rings. The molecule has 168 valence electrons. The van der Waals surface area contributed by atoms with Crippen molar-refractivity contribution in [3.05, 3.63) is 70.5 Å². The van der Waals surface area contributed by atoms with Crippen LogP contribution in [0.2, 0.25) is 10.0 Å².